The predicted molar refractivity (Wildman–Crippen MR) is 98.9 cm³/mol. The second-order valence-corrected chi connectivity index (χ2v) is 6.78. The van der Waals surface area contributed by atoms with Gasteiger partial charge in [0.15, 0.2) is 0 Å². The number of carbonyl (C=O) groups excluding carboxylic acids is 2. The van der Waals surface area contributed by atoms with E-state index in [1.54, 1.807) is 12.1 Å². The van der Waals surface area contributed by atoms with Crippen molar-refractivity contribution in [3.63, 3.8) is 0 Å². The van der Waals surface area contributed by atoms with Gasteiger partial charge in [0, 0.05) is 11.1 Å². The van der Waals surface area contributed by atoms with Crippen LogP contribution in [0.3, 0.4) is 0 Å². The molecule has 2 aliphatic rings. The maximum Gasteiger partial charge on any atom is 0.335 e. The lowest BCUT2D eigenvalue weighted by molar-refractivity contribution is -0.121. The molecule has 0 atom stereocenters. The Morgan fingerprint density at radius 2 is 1.54 bits per heavy atom. The van der Waals surface area contributed by atoms with Crippen LogP contribution in [0.4, 0.5) is 0 Å². The van der Waals surface area contributed by atoms with Crippen molar-refractivity contribution in [2.75, 3.05) is 20.8 Å². The average molecular weight is 386 g/mol. The first kappa shape index (κ1) is 19.7. The van der Waals surface area contributed by atoms with Crippen molar-refractivity contribution in [1.82, 2.24) is 0 Å². The van der Waals surface area contributed by atoms with Crippen LogP contribution in [0.1, 0.15) is 36.0 Å². The van der Waals surface area contributed by atoms with Crippen molar-refractivity contribution in [3.8, 4) is 5.75 Å². The normalized spacial score (nSPS) is 17.1. The number of Topliss-reactive ketones (excluding diaryl/α,β-unsaturated/α-hetero) is 2. The number of methoxy groups -OCH3 is 2. The van der Waals surface area contributed by atoms with Gasteiger partial charge in [0.25, 0.3) is 0 Å². The first-order chi connectivity index (χ1) is 13.5. The van der Waals surface area contributed by atoms with E-state index in [0.717, 1.165) is 12.8 Å². The minimum Gasteiger partial charge on any atom is -0.494 e. The molecule has 28 heavy (non-hydrogen) atoms. The van der Waals surface area contributed by atoms with Gasteiger partial charge < -0.3 is 19.3 Å². The largest absolute Gasteiger partial charge is 0.494 e. The van der Waals surface area contributed by atoms with Crippen LogP contribution in [-0.2, 0) is 19.1 Å². The molecule has 3 rings (SSSR count). The fourth-order valence-electron chi connectivity index (χ4n) is 3.67. The highest BCUT2D eigenvalue weighted by Crippen LogP contribution is 2.41. The Hall–Kier alpha value is -3.09. The monoisotopic (exact) mass is 386 g/mol. The first-order valence-corrected chi connectivity index (χ1v) is 9.06. The molecule has 0 saturated carbocycles. The van der Waals surface area contributed by atoms with E-state index in [1.165, 1.54) is 26.4 Å². The van der Waals surface area contributed by atoms with Crippen LogP contribution in [0.5, 0.6) is 5.75 Å². The van der Waals surface area contributed by atoms with Gasteiger partial charge in [0.1, 0.15) is 5.75 Å². The zero-order valence-electron chi connectivity index (χ0n) is 15.8. The van der Waals surface area contributed by atoms with E-state index in [4.69, 9.17) is 19.3 Å². The van der Waals surface area contributed by atoms with Gasteiger partial charge in [0.05, 0.1) is 26.4 Å². The van der Waals surface area contributed by atoms with Crippen LogP contribution in [0, 0.1) is 5.92 Å². The molecule has 0 heterocycles. The van der Waals surface area contributed by atoms with Crippen molar-refractivity contribution in [3.05, 3.63) is 52.5 Å². The number of benzene rings is 1. The molecule has 0 amide bonds. The van der Waals surface area contributed by atoms with Gasteiger partial charge in [-0.1, -0.05) is 0 Å². The molecule has 7 heteroatoms. The molecule has 1 aromatic rings. The van der Waals surface area contributed by atoms with E-state index in [2.05, 4.69) is 0 Å². The van der Waals surface area contributed by atoms with E-state index in [-0.39, 0.29) is 34.6 Å². The molecule has 0 saturated heterocycles. The topological polar surface area (TPSA) is 99.1 Å². The van der Waals surface area contributed by atoms with Crippen LogP contribution >= 0.6 is 0 Å². The number of aromatic carboxylic acids is 1. The number of rotatable bonds is 8. The smallest absolute Gasteiger partial charge is 0.335 e. The summed E-state index contributed by atoms with van der Waals surface area (Å²) in [5.41, 5.74) is 1.29. The number of hydrogen-bond acceptors (Lipinski definition) is 6. The van der Waals surface area contributed by atoms with Crippen LogP contribution in [-0.4, -0.2) is 43.5 Å². The minimum absolute atomic E-state index is 0.0139. The molecule has 0 unspecified atom stereocenters. The van der Waals surface area contributed by atoms with Crippen molar-refractivity contribution in [2.45, 2.75) is 25.7 Å². The second kappa shape index (κ2) is 8.29. The van der Waals surface area contributed by atoms with Crippen molar-refractivity contribution >= 4 is 17.5 Å². The predicted octanol–water partition coefficient (Wildman–Crippen LogP) is 2.91. The molecular formula is C21H22O7. The number of allylic oxidation sites excluding steroid dienone is 2. The third-order valence-electron chi connectivity index (χ3n) is 5.05. The van der Waals surface area contributed by atoms with E-state index in [0.29, 0.717) is 36.3 Å². The highest BCUT2D eigenvalue weighted by Gasteiger charge is 2.41. The van der Waals surface area contributed by atoms with Gasteiger partial charge >= 0.3 is 5.97 Å². The van der Waals surface area contributed by atoms with Crippen LogP contribution in [0.2, 0.25) is 0 Å². The van der Waals surface area contributed by atoms with Gasteiger partial charge in [-0.05, 0) is 55.9 Å². The van der Waals surface area contributed by atoms with E-state index in [9.17, 15) is 14.4 Å². The molecule has 1 aromatic carbocycles. The van der Waals surface area contributed by atoms with E-state index in [1.807, 2.05) is 0 Å². The lowest BCUT2D eigenvalue weighted by Gasteiger charge is -2.17. The van der Waals surface area contributed by atoms with Crippen molar-refractivity contribution in [1.29, 1.82) is 0 Å². The Labute approximate surface area is 162 Å². The lowest BCUT2D eigenvalue weighted by atomic mass is 9.94. The standard InChI is InChI=1S/C21H22O7/c1-26-19-17(22)15-10-12(11-16(15)18(23)20(19)27-2)4-3-9-28-14-7-5-13(6-8-14)21(24)25/h5-8,12H,3-4,9-11H2,1-2H3,(H,24,25). The highest BCUT2D eigenvalue weighted by molar-refractivity contribution is 6.24. The fraction of sp³-hybridized carbons (Fsp3) is 0.381. The molecule has 1 N–H and O–H groups in total. The summed E-state index contributed by atoms with van der Waals surface area (Å²) in [5.74, 6) is -0.711. The summed E-state index contributed by atoms with van der Waals surface area (Å²) in [6.07, 6.45) is 2.68. The Morgan fingerprint density at radius 3 is 2.00 bits per heavy atom. The summed E-state index contributed by atoms with van der Waals surface area (Å²) in [6.45, 7) is 0.473. The first-order valence-electron chi connectivity index (χ1n) is 9.06. The highest BCUT2D eigenvalue weighted by atomic mass is 16.5. The molecule has 0 fully saturated rings. The van der Waals surface area contributed by atoms with Gasteiger partial charge in [0.2, 0.25) is 23.1 Å². The van der Waals surface area contributed by atoms with Crippen LogP contribution in [0.25, 0.3) is 0 Å². The minimum atomic E-state index is -0.976. The average Bonchev–Trinajstić information content (AvgIpc) is 3.13. The number of carbonyl (C=O) groups is 3. The van der Waals surface area contributed by atoms with Gasteiger partial charge in [-0.3, -0.25) is 9.59 Å². The molecule has 0 spiro atoms. The Morgan fingerprint density at radius 1 is 1.00 bits per heavy atom. The van der Waals surface area contributed by atoms with Gasteiger partial charge in [-0.25, -0.2) is 4.79 Å². The molecular weight excluding hydrogens is 364 g/mol. The third-order valence-corrected chi connectivity index (χ3v) is 5.05. The number of hydrogen-bond donors (Lipinski definition) is 1. The molecule has 0 radical (unpaired) electrons. The SMILES string of the molecule is COC1=C(OC)C(=O)C2=C(CC(CCCOc3ccc(C(=O)O)cc3)C2)C1=O. The van der Waals surface area contributed by atoms with E-state index < -0.39 is 5.97 Å². The maximum absolute atomic E-state index is 12.5. The molecule has 7 nitrogen and oxygen atoms in total. The number of carboxylic acids is 1. The Bertz CT molecular complexity index is 823. The zero-order chi connectivity index (χ0) is 20.3. The summed E-state index contributed by atoms with van der Waals surface area (Å²) in [7, 11) is 2.72. The summed E-state index contributed by atoms with van der Waals surface area (Å²) in [6, 6.07) is 6.25. The second-order valence-electron chi connectivity index (χ2n) is 6.78. The maximum atomic E-state index is 12.5. The summed E-state index contributed by atoms with van der Waals surface area (Å²) >= 11 is 0. The van der Waals surface area contributed by atoms with Crippen molar-refractivity contribution < 1.29 is 33.7 Å². The number of ketones is 2. The molecule has 0 aromatic heterocycles. The summed E-state index contributed by atoms with van der Waals surface area (Å²) < 4.78 is 15.8. The van der Waals surface area contributed by atoms with Crippen LogP contribution < -0.4 is 4.74 Å². The molecule has 148 valence electrons. The number of ether oxygens (including phenoxy) is 3. The summed E-state index contributed by atoms with van der Waals surface area (Å²) in [4.78, 5) is 35.9. The molecule has 0 bridgehead atoms. The summed E-state index contributed by atoms with van der Waals surface area (Å²) in [5, 5.41) is 8.89. The number of carboxylic acid groups (broad SMARTS) is 1. The van der Waals surface area contributed by atoms with Crippen LogP contribution in [0.15, 0.2) is 46.9 Å². The lowest BCUT2D eigenvalue weighted by Crippen LogP contribution is -2.23. The molecule has 2 aliphatic carbocycles. The van der Waals surface area contributed by atoms with E-state index >= 15 is 0 Å². The third kappa shape index (κ3) is 3.78. The zero-order valence-corrected chi connectivity index (χ0v) is 15.8. The Balaban J connectivity index is 1.50. The fourth-order valence-corrected chi connectivity index (χ4v) is 3.67. The molecule has 0 aliphatic heterocycles. The van der Waals surface area contributed by atoms with Gasteiger partial charge in [-0.15, -0.1) is 0 Å². The van der Waals surface area contributed by atoms with Crippen molar-refractivity contribution in [2.24, 2.45) is 5.92 Å². The van der Waals surface area contributed by atoms with Gasteiger partial charge in [-0.2, -0.15) is 0 Å². The Kier molecular flexibility index (Phi) is 5.82. The quantitative estimate of drug-likeness (QED) is 0.542.